The first-order chi connectivity index (χ1) is 16.7. The lowest BCUT2D eigenvalue weighted by Gasteiger charge is -2.14. The number of nitrogens with zero attached hydrogens (tertiary/aromatic N) is 3. The number of ketones is 1. The average Bonchev–Trinajstić information content (AvgIpc) is 3.44. The Morgan fingerprint density at radius 2 is 1.77 bits per heavy atom. The summed E-state index contributed by atoms with van der Waals surface area (Å²) in [6, 6.07) is 13.3. The molecule has 5 rings (SSSR count). The van der Waals surface area contributed by atoms with Gasteiger partial charge in [0.1, 0.15) is 11.4 Å². The van der Waals surface area contributed by atoms with Gasteiger partial charge in [0.2, 0.25) is 11.7 Å². The molecule has 0 spiro atoms. The molecule has 0 atom stereocenters. The van der Waals surface area contributed by atoms with E-state index < -0.39 is 23.2 Å². The normalized spacial score (nSPS) is 11.8. The van der Waals surface area contributed by atoms with Gasteiger partial charge < -0.3 is 14.1 Å². The number of phenolic OH excluding ortho intramolecular Hbond substituents is 1. The molecule has 2 aromatic carbocycles. The van der Waals surface area contributed by atoms with E-state index in [4.69, 9.17) is 16.0 Å². The number of rotatable bonds is 5. The summed E-state index contributed by atoms with van der Waals surface area (Å²) in [6.07, 6.45) is -0.810. The SMILES string of the molecule is O=C(c1cnc(-c2ccncc2)o1)c1c(C(F)(F)F)n(Cc2ccc(Cl)cc2)c2ccc(O)cc12. The van der Waals surface area contributed by atoms with Crippen LogP contribution in [0.4, 0.5) is 13.2 Å². The van der Waals surface area contributed by atoms with Gasteiger partial charge >= 0.3 is 6.18 Å². The first-order valence-corrected chi connectivity index (χ1v) is 10.7. The Balaban J connectivity index is 1.70. The molecular weight excluding hydrogens is 483 g/mol. The molecule has 3 heterocycles. The van der Waals surface area contributed by atoms with Crippen LogP contribution >= 0.6 is 11.6 Å². The number of hydrogen-bond donors (Lipinski definition) is 1. The molecule has 0 aliphatic heterocycles. The average molecular weight is 498 g/mol. The second kappa shape index (κ2) is 8.59. The van der Waals surface area contributed by atoms with E-state index in [0.717, 1.165) is 16.8 Å². The Hall–Kier alpha value is -4.11. The third kappa shape index (κ3) is 4.26. The molecule has 3 aromatic heterocycles. The zero-order valence-electron chi connectivity index (χ0n) is 17.8. The number of carbonyl (C=O) groups excluding carboxylic acids is 1. The van der Waals surface area contributed by atoms with Crippen molar-refractivity contribution in [3.63, 3.8) is 0 Å². The predicted molar refractivity (Wildman–Crippen MR) is 122 cm³/mol. The molecule has 0 bridgehead atoms. The predicted octanol–water partition coefficient (Wildman–Crippen LogP) is 6.35. The van der Waals surface area contributed by atoms with Crippen LogP contribution in [0.15, 0.2) is 77.6 Å². The van der Waals surface area contributed by atoms with Crippen molar-refractivity contribution in [3.05, 3.63) is 101 Å². The number of aromatic hydroxyl groups is 1. The van der Waals surface area contributed by atoms with Crippen molar-refractivity contribution in [2.24, 2.45) is 0 Å². The minimum absolute atomic E-state index is 0.0573. The number of aromatic nitrogens is 3. The molecular formula is C25H15ClF3N3O3. The number of benzene rings is 2. The van der Waals surface area contributed by atoms with Crippen LogP contribution in [0.25, 0.3) is 22.4 Å². The van der Waals surface area contributed by atoms with Crippen LogP contribution in [-0.4, -0.2) is 25.4 Å². The highest BCUT2D eigenvalue weighted by atomic mass is 35.5. The molecule has 6 nitrogen and oxygen atoms in total. The van der Waals surface area contributed by atoms with Gasteiger partial charge in [0.05, 0.1) is 11.8 Å². The Labute approximate surface area is 201 Å². The molecule has 0 saturated heterocycles. The molecule has 0 aliphatic carbocycles. The zero-order valence-corrected chi connectivity index (χ0v) is 18.5. The van der Waals surface area contributed by atoms with Gasteiger partial charge in [-0.25, -0.2) is 4.98 Å². The van der Waals surface area contributed by atoms with Crippen molar-refractivity contribution >= 4 is 28.3 Å². The second-order valence-electron chi connectivity index (χ2n) is 7.73. The number of hydrogen-bond acceptors (Lipinski definition) is 5. The molecule has 0 fully saturated rings. The fourth-order valence-corrected chi connectivity index (χ4v) is 4.06. The van der Waals surface area contributed by atoms with Crippen LogP contribution in [0.3, 0.4) is 0 Å². The van der Waals surface area contributed by atoms with Crippen molar-refractivity contribution in [2.75, 3.05) is 0 Å². The molecule has 176 valence electrons. The molecule has 5 aromatic rings. The number of alkyl halides is 3. The fourth-order valence-electron chi connectivity index (χ4n) is 3.93. The van der Waals surface area contributed by atoms with E-state index in [-0.39, 0.29) is 34.8 Å². The lowest BCUT2D eigenvalue weighted by atomic mass is 10.0. The Kier molecular flexibility index (Phi) is 5.56. The highest BCUT2D eigenvalue weighted by molar-refractivity contribution is 6.30. The van der Waals surface area contributed by atoms with Crippen LogP contribution in [-0.2, 0) is 12.7 Å². The fraction of sp³-hybridized carbons (Fsp3) is 0.0800. The van der Waals surface area contributed by atoms with Crippen LogP contribution in [0.2, 0.25) is 5.02 Å². The summed E-state index contributed by atoms with van der Waals surface area (Å²) in [5.74, 6) is -1.58. The third-order valence-corrected chi connectivity index (χ3v) is 5.71. The molecule has 0 unspecified atom stereocenters. The van der Waals surface area contributed by atoms with Crippen LogP contribution in [0.5, 0.6) is 5.75 Å². The molecule has 0 aliphatic rings. The van der Waals surface area contributed by atoms with Crippen molar-refractivity contribution in [3.8, 4) is 17.2 Å². The third-order valence-electron chi connectivity index (χ3n) is 5.45. The molecule has 10 heteroatoms. The van der Waals surface area contributed by atoms with E-state index in [0.29, 0.717) is 16.1 Å². The molecule has 0 radical (unpaired) electrons. The summed E-state index contributed by atoms with van der Waals surface area (Å²) >= 11 is 5.91. The maximum atomic E-state index is 14.5. The maximum absolute atomic E-state index is 14.5. The van der Waals surface area contributed by atoms with Gasteiger partial charge in [-0.2, -0.15) is 13.2 Å². The Morgan fingerprint density at radius 3 is 2.46 bits per heavy atom. The quantitative estimate of drug-likeness (QED) is 0.286. The first-order valence-electron chi connectivity index (χ1n) is 10.3. The zero-order chi connectivity index (χ0) is 24.7. The van der Waals surface area contributed by atoms with Crippen molar-refractivity contribution in [2.45, 2.75) is 12.7 Å². The summed E-state index contributed by atoms with van der Waals surface area (Å²) in [7, 11) is 0. The number of carbonyl (C=O) groups is 1. The highest BCUT2D eigenvalue weighted by Crippen LogP contribution is 2.41. The first kappa shape index (κ1) is 22.7. The minimum atomic E-state index is -4.89. The van der Waals surface area contributed by atoms with E-state index in [9.17, 15) is 23.1 Å². The van der Waals surface area contributed by atoms with E-state index in [1.165, 1.54) is 24.5 Å². The minimum Gasteiger partial charge on any atom is -0.508 e. The van der Waals surface area contributed by atoms with Gasteiger partial charge in [0.15, 0.2) is 5.76 Å². The monoisotopic (exact) mass is 497 g/mol. The summed E-state index contributed by atoms with van der Waals surface area (Å²) in [6.45, 7) is -0.181. The number of fused-ring (bicyclic) bond motifs is 1. The number of phenols is 1. The van der Waals surface area contributed by atoms with Crippen molar-refractivity contribution in [1.29, 1.82) is 0 Å². The summed E-state index contributed by atoms with van der Waals surface area (Å²) < 4.78 is 49.9. The van der Waals surface area contributed by atoms with E-state index in [1.807, 2.05) is 0 Å². The number of oxazole rings is 1. The van der Waals surface area contributed by atoms with Gasteiger partial charge in [-0.05, 0) is 48.0 Å². The summed E-state index contributed by atoms with van der Waals surface area (Å²) in [4.78, 5) is 21.4. The van der Waals surface area contributed by atoms with E-state index in [1.54, 1.807) is 36.4 Å². The topological polar surface area (TPSA) is 81.2 Å². The van der Waals surface area contributed by atoms with Crippen LogP contribution in [0, 0.1) is 0 Å². The second-order valence-corrected chi connectivity index (χ2v) is 8.17. The van der Waals surface area contributed by atoms with Crippen molar-refractivity contribution < 1.29 is 27.5 Å². The highest BCUT2D eigenvalue weighted by Gasteiger charge is 2.42. The van der Waals surface area contributed by atoms with E-state index in [2.05, 4.69) is 9.97 Å². The molecule has 0 amide bonds. The van der Waals surface area contributed by atoms with Gasteiger partial charge in [-0.3, -0.25) is 9.78 Å². The molecule has 35 heavy (non-hydrogen) atoms. The maximum Gasteiger partial charge on any atom is 0.432 e. The van der Waals surface area contributed by atoms with Gasteiger partial charge in [0, 0.05) is 40.4 Å². The standard InChI is InChI=1S/C25H15ClF3N3O3/c26-16-3-1-14(2-4-16)13-32-19-6-5-17(33)11-18(19)21(23(32)25(27,28)29)22(34)20-12-31-24(35-20)15-7-9-30-10-8-15/h1-12,33H,13H2. The molecule has 0 saturated carbocycles. The summed E-state index contributed by atoms with van der Waals surface area (Å²) in [5, 5.41) is 10.4. The van der Waals surface area contributed by atoms with Crippen molar-refractivity contribution in [1.82, 2.24) is 14.5 Å². The lowest BCUT2D eigenvalue weighted by molar-refractivity contribution is -0.143. The number of halogens is 4. The van der Waals surface area contributed by atoms with Gasteiger partial charge in [-0.15, -0.1) is 0 Å². The smallest absolute Gasteiger partial charge is 0.432 e. The lowest BCUT2D eigenvalue weighted by Crippen LogP contribution is -2.18. The molecule has 1 N–H and O–H groups in total. The number of pyridine rings is 1. The Bertz CT molecular complexity index is 1540. The Morgan fingerprint density at radius 1 is 1.06 bits per heavy atom. The van der Waals surface area contributed by atoms with Gasteiger partial charge in [0.25, 0.3) is 0 Å². The van der Waals surface area contributed by atoms with Gasteiger partial charge in [-0.1, -0.05) is 23.7 Å². The van der Waals surface area contributed by atoms with Crippen LogP contribution < -0.4 is 0 Å². The summed E-state index contributed by atoms with van der Waals surface area (Å²) in [5.41, 5.74) is -0.599. The van der Waals surface area contributed by atoms with E-state index >= 15 is 0 Å². The van der Waals surface area contributed by atoms with Crippen LogP contribution in [0.1, 0.15) is 27.4 Å². The largest absolute Gasteiger partial charge is 0.508 e.